The van der Waals surface area contributed by atoms with E-state index in [4.69, 9.17) is 14.2 Å². The van der Waals surface area contributed by atoms with Crippen LogP contribution in [0.3, 0.4) is 0 Å². The van der Waals surface area contributed by atoms with Crippen molar-refractivity contribution >= 4 is 17.7 Å². The number of rotatable bonds is 7. The van der Waals surface area contributed by atoms with E-state index >= 15 is 0 Å². The lowest BCUT2D eigenvalue weighted by atomic mass is 9.78. The number of carbonyl (C=O) groups excluding carboxylic acids is 1. The molecule has 0 radical (unpaired) electrons. The van der Waals surface area contributed by atoms with Crippen LogP contribution in [0.25, 0.3) is 0 Å². The lowest BCUT2D eigenvalue weighted by molar-refractivity contribution is -0.0199. The van der Waals surface area contributed by atoms with Gasteiger partial charge in [-0.15, -0.1) is 0 Å². The van der Waals surface area contributed by atoms with Gasteiger partial charge in [0, 0.05) is 43.2 Å². The van der Waals surface area contributed by atoms with Gasteiger partial charge in [0.15, 0.2) is 6.79 Å². The lowest BCUT2D eigenvalue weighted by Crippen LogP contribution is -2.52. The number of ether oxygens (including phenoxy) is 3. The molecule has 1 amide bonds. The summed E-state index contributed by atoms with van der Waals surface area (Å²) in [4.78, 5) is 15.0. The predicted molar refractivity (Wildman–Crippen MR) is 129 cm³/mol. The molecule has 0 bridgehead atoms. The fourth-order valence-electron chi connectivity index (χ4n) is 4.63. The summed E-state index contributed by atoms with van der Waals surface area (Å²) in [6.07, 6.45) is 5.05. The molecule has 2 heterocycles. The number of para-hydroxylation sites is 1. The standard InChI is InChI=1S/C26H33NO4S/c1-19(2)29-18-30-22-10-8-20(9-11-22)25(28)27-14-12-26(13-15-27)16-21(17-32-3)23-6-4-5-7-24(23)31-26/h4-11,19,21H,12-18H2,1-3H3. The van der Waals surface area contributed by atoms with Gasteiger partial charge >= 0.3 is 0 Å². The number of likely N-dealkylation sites (tertiary alicyclic amines) is 1. The van der Waals surface area contributed by atoms with Gasteiger partial charge in [0.25, 0.3) is 5.91 Å². The van der Waals surface area contributed by atoms with Gasteiger partial charge in [0.05, 0.1) is 6.10 Å². The van der Waals surface area contributed by atoms with Gasteiger partial charge < -0.3 is 19.1 Å². The van der Waals surface area contributed by atoms with E-state index in [0.717, 1.165) is 30.8 Å². The van der Waals surface area contributed by atoms with Crippen molar-refractivity contribution < 1.29 is 19.0 Å². The largest absolute Gasteiger partial charge is 0.487 e. The van der Waals surface area contributed by atoms with Crippen LogP contribution < -0.4 is 9.47 Å². The molecule has 0 saturated carbocycles. The van der Waals surface area contributed by atoms with Crippen LogP contribution in [-0.4, -0.2) is 54.4 Å². The molecule has 1 spiro atoms. The van der Waals surface area contributed by atoms with Gasteiger partial charge in [-0.1, -0.05) is 18.2 Å². The summed E-state index contributed by atoms with van der Waals surface area (Å²) in [6, 6.07) is 15.8. The number of benzene rings is 2. The third-order valence-electron chi connectivity index (χ3n) is 6.36. The fraction of sp³-hybridized carbons (Fsp3) is 0.500. The highest BCUT2D eigenvalue weighted by molar-refractivity contribution is 7.98. The Kier molecular flexibility index (Phi) is 7.31. The molecule has 0 N–H and O–H groups in total. The smallest absolute Gasteiger partial charge is 0.253 e. The number of piperidine rings is 1. The molecule has 1 unspecified atom stereocenters. The van der Waals surface area contributed by atoms with Crippen LogP contribution in [0, 0.1) is 0 Å². The van der Waals surface area contributed by atoms with Crippen LogP contribution in [0.1, 0.15) is 54.9 Å². The van der Waals surface area contributed by atoms with Gasteiger partial charge in [0.2, 0.25) is 0 Å². The van der Waals surface area contributed by atoms with Crippen molar-refractivity contribution in [2.45, 2.75) is 50.7 Å². The van der Waals surface area contributed by atoms with Gasteiger partial charge in [-0.05, 0) is 62.4 Å². The van der Waals surface area contributed by atoms with Crippen LogP contribution >= 0.6 is 11.8 Å². The highest BCUT2D eigenvalue weighted by Crippen LogP contribution is 2.46. The minimum absolute atomic E-state index is 0.0710. The molecule has 4 rings (SSSR count). The summed E-state index contributed by atoms with van der Waals surface area (Å²) in [7, 11) is 0. The lowest BCUT2D eigenvalue weighted by Gasteiger charge is -2.47. The Hall–Kier alpha value is -2.18. The van der Waals surface area contributed by atoms with Crippen molar-refractivity contribution in [3.8, 4) is 11.5 Å². The molecular formula is C26H33NO4S. The zero-order chi connectivity index (χ0) is 22.6. The molecule has 1 atom stereocenters. The first-order valence-electron chi connectivity index (χ1n) is 11.4. The van der Waals surface area contributed by atoms with Crippen LogP contribution in [0.4, 0.5) is 0 Å². The first-order valence-corrected chi connectivity index (χ1v) is 12.8. The minimum atomic E-state index is -0.167. The monoisotopic (exact) mass is 455 g/mol. The number of hydrogen-bond donors (Lipinski definition) is 0. The molecule has 0 aliphatic carbocycles. The van der Waals surface area contributed by atoms with E-state index in [-0.39, 0.29) is 24.4 Å². The zero-order valence-electron chi connectivity index (χ0n) is 19.2. The van der Waals surface area contributed by atoms with E-state index in [0.29, 0.717) is 30.3 Å². The van der Waals surface area contributed by atoms with Crippen LogP contribution in [0.5, 0.6) is 11.5 Å². The van der Waals surface area contributed by atoms with Crippen molar-refractivity contribution in [1.29, 1.82) is 0 Å². The number of thioether (sulfide) groups is 1. The SMILES string of the molecule is CSCC1CC2(CCN(C(=O)c3ccc(OCOC(C)C)cc3)CC2)Oc2ccccc21. The maximum absolute atomic E-state index is 13.1. The number of fused-ring (bicyclic) bond motifs is 1. The molecule has 0 aromatic heterocycles. The Morgan fingerprint density at radius 3 is 2.56 bits per heavy atom. The summed E-state index contributed by atoms with van der Waals surface area (Å²) in [5.74, 6) is 3.40. The van der Waals surface area contributed by atoms with Crippen molar-refractivity contribution in [3.05, 3.63) is 59.7 Å². The number of carbonyl (C=O) groups is 1. The van der Waals surface area contributed by atoms with Gasteiger partial charge in [-0.25, -0.2) is 0 Å². The molecule has 2 aromatic carbocycles. The van der Waals surface area contributed by atoms with E-state index in [1.165, 1.54) is 5.56 Å². The number of hydrogen-bond acceptors (Lipinski definition) is 5. The zero-order valence-corrected chi connectivity index (χ0v) is 20.0. The fourth-order valence-corrected chi connectivity index (χ4v) is 5.33. The number of amides is 1. The average Bonchev–Trinajstić information content (AvgIpc) is 2.80. The van der Waals surface area contributed by atoms with Crippen molar-refractivity contribution in [3.63, 3.8) is 0 Å². The van der Waals surface area contributed by atoms with Gasteiger partial charge in [0.1, 0.15) is 17.1 Å². The molecular weight excluding hydrogens is 422 g/mol. The van der Waals surface area contributed by atoms with Crippen LogP contribution in [-0.2, 0) is 4.74 Å². The topological polar surface area (TPSA) is 48.0 Å². The Morgan fingerprint density at radius 1 is 1.16 bits per heavy atom. The summed E-state index contributed by atoms with van der Waals surface area (Å²) in [5.41, 5.74) is 1.85. The van der Waals surface area contributed by atoms with Crippen LogP contribution in [0.15, 0.2) is 48.5 Å². The van der Waals surface area contributed by atoms with Crippen molar-refractivity contribution in [1.82, 2.24) is 4.90 Å². The maximum atomic E-state index is 13.1. The van der Waals surface area contributed by atoms with Crippen molar-refractivity contribution in [2.75, 3.05) is 31.9 Å². The van der Waals surface area contributed by atoms with Gasteiger partial charge in [-0.2, -0.15) is 11.8 Å². The third kappa shape index (κ3) is 5.24. The third-order valence-corrected chi connectivity index (χ3v) is 7.10. The first-order chi connectivity index (χ1) is 15.5. The molecule has 1 saturated heterocycles. The Balaban J connectivity index is 1.37. The maximum Gasteiger partial charge on any atom is 0.253 e. The minimum Gasteiger partial charge on any atom is -0.487 e. The second-order valence-corrected chi connectivity index (χ2v) is 9.88. The Labute approximate surface area is 195 Å². The second-order valence-electron chi connectivity index (χ2n) is 8.97. The van der Waals surface area contributed by atoms with Crippen molar-refractivity contribution in [2.24, 2.45) is 0 Å². The van der Waals surface area contributed by atoms with E-state index in [1.54, 1.807) is 0 Å². The van der Waals surface area contributed by atoms with Gasteiger partial charge in [-0.3, -0.25) is 4.79 Å². The molecule has 2 aliphatic heterocycles. The van der Waals surface area contributed by atoms with E-state index in [9.17, 15) is 4.79 Å². The van der Waals surface area contributed by atoms with E-state index < -0.39 is 0 Å². The van der Waals surface area contributed by atoms with Crippen LogP contribution in [0.2, 0.25) is 0 Å². The molecule has 2 aromatic rings. The summed E-state index contributed by atoms with van der Waals surface area (Å²) < 4.78 is 17.5. The molecule has 32 heavy (non-hydrogen) atoms. The molecule has 5 nitrogen and oxygen atoms in total. The average molecular weight is 456 g/mol. The molecule has 172 valence electrons. The highest BCUT2D eigenvalue weighted by atomic mass is 32.2. The molecule has 1 fully saturated rings. The van der Waals surface area contributed by atoms with E-state index in [1.807, 2.05) is 54.8 Å². The normalized spacial score (nSPS) is 19.5. The quantitative estimate of drug-likeness (QED) is 0.527. The summed E-state index contributed by atoms with van der Waals surface area (Å²) in [5, 5.41) is 0. The number of nitrogens with zero attached hydrogens (tertiary/aromatic N) is 1. The Morgan fingerprint density at radius 2 is 1.88 bits per heavy atom. The highest BCUT2D eigenvalue weighted by Gasteiger charge is 2.43. The predicted octanol–water partition coefficient (Wildman–Crippen LogP) is 5.35. The summed E-state index contributed by atoms with van der Waals surface area (Å²) in [6.45, 7) is 5.57. The van der Waals surface area contributed by atoms with E-state index in [2.05, 4.69) is 30.5 Å². The molecule has 2 aliphatic rings. The first kappa shape index (κ1) is 23.0. The second kappa shape index (κ2) is 10.2. The molecule has 6 heteroatoms. The summed E-state index contributed by atoms with van der Waals surface area (Å²) >= 11 is 1.89. The Bertz CT molecular complexity index is 906.